The Bertz CT molecular complexity index is 548. The van der Waals surface area contributed by atoms with Gasteiger partial charge in [0.2, 0.25) is 5.91 Å². The first-order valence-electron chi connectivity index (χ1n) is 9.52. The number of hydrogen-bond acceptors (Lipinski definition) is 2. The molecular formula is C20H28Cl2N2O. The Balaban J connectivity index is 1.93. The maximum atomic E-state index is 13.0. The number of carbonyl (C=O) groups excluding carboxylic acids is 1. The second-order valence-electron chi connectivity index (χ2n) is 7.18. The van der Waals surface area contributed by atoms with Gasteiger partial charge in [0.1, 0.15) is 0 Å². The van der Waals surface area contributed by atoms with Crippen LogP contribution in [0.15, 0.2) is 30.3 Å². The van der Waals surface area contributed by atoms with Gasteiger partial charge in [-0.1, -0.05) is 18.2 Å². The molecule has 0 spiro atoms. The fourth-order valence-corrected chi connectivity index (χ4v) is 4.85. The minimum absolute atomic E-state index is 0.128. The Labute approximate surface area is 161 Å². The van der Waals surface area contributed by atoms with Gasteiger partial charge in [-0.25, -0.2) is 0 Å². The lowest BCUT2D eigenvalue weighted by Gasteiger charge is -2.41. The molecule has 3 nitrogen and oxygen atoms in total. The van der Waals surface area contributed by atoms with Crippen LogP contribution in [0.5, 0.6) is 0 Å². The normalized spacial score (nSPS) is 27.8. The van der Waals surface area contributed by atoms with E-state index in [0.717, 1.165) is 44.5 Å². The lowest BCUT2D eigenvalue weighted by molar-refractivity contribution is -0.119. The van der Waals surface area contributed by atoms with Crippen LogP contribution in [0.25, 0.3) is 0 Å². The topological polar surface area (TPSA) is 23.6 Å². The summed E-state index contributed by atoms with van der Waals surface area (Å²) in [4.78, 5) is 17.6. The van der Waals surface area contributed by atoms with Crippen molar-refractivity contribution < 1.29 is 4.79 Å². The molecule has 1 saturated heterocycles. The van der Waals surface area contributed by atoms with E-state index < -0.39 is 0 Å². The quantitative estimate of drug-likeness (QED) is 0.545. The van der Waals surface area contributed by atoms with Crippen molar-refractivity contribution in [1.82, 2.24) is 4.90 Å². The number of carbonyl (C=O) groups is 1. The third kappa shape index (κ3) is 4.69. The van der Waals surface area contributed by atoms with Crippen LogP contribution in [0.3, 0.4) is 0 Å². The first-order chi connectivity index (χ1) is 12.2. The van der Waals surface area contributed by atoms with Crippen molar-refractivity contribution in [3.05, 3.63) is 30.3 Å². The fraction of sp³-hybridized carbons (Fsp3) is 0.650. The Hall–Kier alpha value is -0.770. The van der Waals surface area contributed by atoms with Crippen LogP contribution in [0, 0.1) is 0 Å². The fourth-order valence-electron chi connectivity index (χ4n) is 4.35. The predicted molar refractivity (Wildman–Crippen MR) is 106 cm³/mol. The maximum absolute atomic E-state index is 13.0. The smallest absolute Gasteiger partial charge is 0.228 e. The van der Waals surface area contributed by atoms with Crippen LogP contribution < -0.4 is 4.90 Å². The molecule has 0 radical (unpaired) electrons. The summed E-state index contributed by atoms with van der Waals surface area (Å²) >= 11 is 12.5. The molecule has 1 amide bonds. The molecule has 5 heteroatoms. The predicted octanol–water partition coefficient (Wildman–Crippen LogP) is 4.66. The van der Waals surface area contributed by atoms with Gasteiger partial charge in [0.15, 0.2) is 0 Å². The van der Waals surface area contributed by atoms with Crippen LogP contribution in [0.2, 0.25) is 0 Å². The van der Waals surface area contributed by atoms with Gasteiger partial charge in [-0.2, -0.15) is 0 Å². The summed E-state index contributed by atoms with van der Waals surface area (Å²) in [7, 11) is 0. The lowest BCUT2D eigenvalue weighted by Crippen LogP contribution is -2.53. The van der Waals surface area contributed by atoms with Crippen LogP contribution >= 0.6 is 23.2 Å². The van der Waals surface area contributed by atoms with Crippen molar-refractivity contribution in [2.24, 2.45) is 0 Å². The van der Waals surface area contributed by atoms with E-state index in [9.17, 15) is 4.79 Å². The summed E-state index contributed by atoms with van der Waals surface area (Å²) in [6, 6.07) is 10.6. The SMILES string of the molecule is O=C(CCCl)N(c1ccccc1)C1CCCC(Cl)CC1N1CCCC1. The minimum Gasteiger partial charge on any atom is -0.308 e. The summed E-state index contributed by atoms with van der Waals surface area (Å²) in [5.41, 5.74) is 0.986. The Kier molecular flexibility index (Phi) is 7.03. The molecule has 0 N–H and O–H groups in total. The van der Waals surface area contributed by atoms with Crippen molar-refractivity contribution in [3.8, 4) is 0 Å². The average molecular weight is 383 g/mol. The molecule has 1 aromatic carbocycles. The highest BCUT2D eigenvalue weighted by Gasteiger charge is 2.38. The van der Waals surface area contributed by atoms with Crippen molar-refractivity contribution >= 4 is 34.8 Å². The lowest BCUT2D eigenvalue weighted by atomic mass is 9.98. The van der Waals surface area contributed by atoms with Gasteiger partial charge >= 0.3 is 0 Å². The van der Waals surface area contributed by atoms with E-state index in [4.69, 9.17) is 23.2 Å². The molecule has 2 fully saturated rings. The molecule has 1 aliphatic carbocycles. The number of para-hydroxylation sites is 1. The van der Waals surface area contributed by atoms with E-state index in [2.05, 4.69) is 4.90 Å². The standard InChI is InChI=1S/C20H28Cl2N2O/c21-12-11-20(25)24(17-8-2-1-3-9-17)18-10-6-7-16(22)15-19(18)23-13-4-5-14-23/h1-3,8-9,16,18-19H,4-7,10-15H2. The number of benzene rings is 1. The van der Waals surface area contributed by atoms with Gasteiger partial charge in [0, 0.05) is 29.4 Å². The van der Waals surface area contributed by atoms with E-state index in [-0.39, 0.29) is 17.3 Å². The maximum Gasteiger partial charge on any atom is 0.228 e. The zero-order valence-corrected chi connectivity index (χ0v) is 16.3. The van der Waals surface area contributed by atoms with Crippen molar-refractivity contribution in [1.29, 1.82) is 0 Å². The molecular weight excluding hydrogens is 355 g/mol. The number of rotatable bonds is 5. The molecule has 1 aromatic rings. The second-order valence-corrected chi connectivity index (χ2v) is 8.18. The molecule has 3 rings (SSSR count). The molecule has 0 bridgehead atoms. The number of alkyl halides is 2. The molecule has 1 aliphatic heterocycles. The highest BCUT2D eigenvalue weighted by atomic mass is 35.5. The number of anilines is 1. The minimum atomic E-state index is 0.128. The summed E-state index contributed by atoms with van der Waals surface area (Å²) in [5, 5.41) is 0.205. The van der Waals surface area contributed by atoms with Gasteiger partial charge in [-0.3, -0.25) is 9.69 Å². The monoisotopic (exact) mass is 382 g/mol. The van der Waals surface area contributed by atoms with E-state index in [1.54, 1.807) is 0 Å². The molecule has 0 aromatic heterocycles. The van der Waals surface area contributed by atoms with Crippen molar-refractivity contribution in [2.45, 2.75) is 62.4 Å². The molecule has 3 unspecified atom stereocenters. The first kappa shape index (κ1) is 19.0. The molecule has 2 aliphatic rings. The van der Waals surface area contributed by atoms with E-state index in [0.29, 0.717) is 18.3 Å². The summed E-state index contributed by atoms with van der Waals surface area (Å²) in [6.45, 7) is 2.24. The Morgan fingerprint density at radius 1 is 1.12 bits per heavy atom. The van der Waals surface area contributed by atoms with Gasteiger partial charge in [-0.05, 0) is 63.7 Å². The first-order valence-corrected chi connectivity index (χ1v) is 10.5. The van der Waals surface area contributed by atoms with Crippen LogP contribution in [0.1, 0.15) is 44.9 Å². The third-order valence-corrected chi connectivity index (χ3v) is 6.10. The molecule has 1 heterocycles. The molecule has 1 saturated carbocycles. The van der Waals surface area contributed by atoms with Gasteiger partial charge in [0.05, 0.1) is 6.04 Å². The molecule has 25 heavy (non-hydrogen) atoms. The third-order valence-electron chi connectivity index (χ3n) is 5.51. The zero-order chi connectivity index (χ0) is 17.6. The van der Waals surface area contributed by atoms with Crippen LogP contribution in [-0.2, 0) is 4.79 Å². The van der Waals surface area contributed by atoms with Crippen LogP contribution in [0.4, 0.5) is 5.69 Å². The largest absolute Gasteiger partial charge is 0.308 e. The van der Waals surface area contributed by atoms with E-state index >= 15 is 0 Å². The van der Waals surface area contributed by atoms with Crippen LogP contribution in [-0.4, -0.2) is 47.2 Å². The van der Waals surface area contributed by atoms with Gasteiger partial charge in [-0.15, -0.1) is 23.2 Å². The van der Waals surface area contributed by atoms with E-state index in [1.165, 1.54) is 12.8 Å². The number of hydrogen-bond donors (Lipinski definition) is 0. The Morgan fingerprint density at radius 3 is 2.52 bits per heavy atom. The molecule has 3 atom stereocenters. The van der Waals surface area contributed by atoms with Crippen molar-refractivity contribution in [3.63, 3.8) is 0 Å². The number of nitrogens with zero attached hydrogens (tertiary/aromatic N) is 2. The van der Waals surface area contributed by atoms with E-state index in [1.807, 2.05) is 35.2 Å². The second kappa shape index (κ2) is 9.25. The summed E-state index contributed by atoms with van der Waals surface area (Å²) in [5.74, 6) is 0.491. The average Bonchev–Trinajstić information content (AvgIpc) is 3.08. The summed E-state index contributed by atoms with van der Waals surface area (Å²) in [6.07, 6.45) is 6.95. The van der Waals surface area contributed by atoms with Gasteiger partial charge < -0.3 is 4.90 Å². The number of likely N-dealkylation sites (tertiary alicyclic amines) is 1. The van der Waals surface area contributed by atoms with Crippen molar-refractivity contribution in [2.75, 3.05) is 23.9 Å². The van der Waals surface area contributed by atoms with Gasteiger partial charge in [0.25, 0.3) is 0 Å². The highest BCUT2D eigenvalue weighted by Crippen LogP contribution is 2.33. The highest BCUT2D eigenvalue weighted by molar-refractivity contribution is 6.20. The summed E-state index contributed by atoms with van der Waals surface area (Å²) < 4.78 is 0. The number of amides is 1. The zero-order valence-electron chi connectivity index (χ0n) is 14.7. The Morgan fingerprint density at radius 2 is 1.84 bits per heavy atom. The molecule has 138 valence electrons. The number of halogens is 2.